The first-order valence-corrected chi connectivity index (χ1v) is 5.22. The van der Waals surface area contributed by atoms with E-state index in [2.05, 4.69) is 0 Å². The smallest absolute Gasteiger partial charge is 0.130 e. The van der Waals surface area contributed by atoms with Crippen molar-refractivity contribution in [2.24, 2.45) is 5.73 Å². The Morgan fingerprint density at radius 2 is 2.20 bits per heavy atom. The zero-order chi connectivity index (χ0) is 11.1. The highest BCUT2D eigenvalue weighted by molar-refractivity contribution is 5.42. The SMILES string of the molecule is CC1(C)Cc2cc(CCN)c(F)cc2O1. The van der Waals surface area contributed by atoms with E-state index in [-0.39, 0.29) is 11.4 Å². The molecule has 1 heterocycles. The molecule has 2 N–H and O–H groups in total. The van der Waals surface area contributed by atoms with Gasteiger partial charge in [0.05, 0.1) is 0 Å². The summed E-state index contributed by atoms with van der Waals surface area (Å²) in [5.74, 6) is 0.468. The third-order valence-corrected chi connectivity index (χ3v) is 2.65. The fourth-order valence-electron chi connectivity index (χ4n) is 2.02. The Hall–Kier alpha value is -1.09. The van der Waals surface area contributed by atoms with Crippen molar-refractivity contribution in [3.63, 3.8) is 0 Å². The molecule has 0 radical (unpaired) electrons. The van der Waals surface area contributed by atoms with Crippen LogP contribution in [0.1, 0.15) is 25.0 Å². The number of ether oxygens (including phenoxy) is 1. The lowest BCUT2D eigenvalue weighted by molar-refractivity contribution is 0.138. The number of hydrogen-bond donors (Lipinski definition) is 1. The van der Waals surface area contributed by atoms with E-state index < -0.39 is 0 Å². The van der Waals surface area contributed by atoms with Crippen LogP contribution in [0.5, 0.6) is 5.75 Å². The Labute approximate surface area is 89.2 Å². The molecule has 0 spiro atoms. The van der Waals surface area contributed by atoms with Gasteiger partial charge in [0.25, 0.3) is 0 Å². The van der Waals surface area contributed by atoms with Crippen molar-refractivity contribution in [2.75, 3.05) is 6.54 Å². The van der Waals surface area contributed by atoms with Gasteiger partial charge in [-0.2, -0.15) is 0 Å². The average molecular weight is 209 g/mol. The zero-order valence-corrected chi connectivity index (χ0v) is 9.14. The maximum absolute atomic E-state index is 13.5. The molecule has 2 rings (SSSR count). The molecular weight excluding hydrogens is 193 g/mol. The van der Waals surface area contributed by atoms with Crippen molar-refractivity contribution in [3.05, 3.63) is 29.1 Å². The molecule has 1 aliphatic heterocycles. The van der Waals surface area contributed by atoms with Gasteiger partial charge >= 0.3 is 0 Å². The third kappa shape index (κ3) is 1.97. The van der Waals surface area contributed by atoms with Crippen molar-refractivity contribution in [2.45, 2.75) is 32.3 Å². The van der Waals surface area contributed by atoms with Crippen LogP contribution >= 0.6 is 0 Å². The minimum atomic E-state index is -0.212. The normalized spacial score (nSPS) is 17.3. The van der Waals surface area contributed by atoms with Crippen LogP contribution in [-0.4, -0.2) is 12.1 Å². The molecule has 0 amide bonds. The fourth-order valence-corrected chi connectivity index (χ4v) is 2.02. The van der Waals surface area contributed by atoms with Gasteiger partial charge in [0.1, 0.15) is 17.2 Å². The largest absolute Gasteiger partial charge is 0.487 e. The van der Waals surface area contributed by atoms with E-state index in [4.69, 9.17) is 10.5 Å². The summed E-state index contributed by atoms with van der Waals surface area (Å²) < 4.78 is 19.2. The summed E-state index contributed by atoms with van der Waals surface area (Å²) in [6.07, 6.45) is 1.42. The van der Waals surface area contributed by atoms with Crippen LogP contribution in [0.2, 0.25) is 0 Å². The average Bonchev–Trinajstić information content (AvgIpc) is 2.39. The van der Waals surface area contributed by atoms with Gasteiger partial charge in [-0.25, -0.2) is 4.39 Å². The molecule has 82 valence electrons. The van der Waals surface area contributed by atoms with Gasteiger partial charge in [-0.15, -0.1) is 0 Å². The maximum atomic E-state index is 13.5. The summed E-state index contributed by atoms with van der Waals surface area (Å²) in [4.78, 5) is 0. The zero-order valence-electron chi connectivity index (χ0n) is 9.14. The van der Waals surface area contributed by atoms with Crippen molar-refractivity contribution in [1.29, 1.82) is 0 Å². The van der Waals surface area contributed by atoms with Gasteiger partial charge in [0.15, 0.2) is 0 Å². The third-order valence-electron chi connectivity index (χ3n) is 2.65. The quantitative estimate of drug-likeness (QED) is 0.809. The number of rotatable bonds is 2. The molecular formula is C12H16FNO. The number of fused-ring (bicyclic) bond motifs is 1. The number of benzene rings is 1. The van der Waals surface area contributed by atoms with Crippen LogP contribution < -0.4 is 10.5 Å². The molecule has 0 fully saturated rings. The van der Waals surface area contributed by atoms with Crippen molar-refractivity contribution in [1.82, 2.24) is 0 Å². The molecule has 2 nitrogen and oxygen atoms in total. The van der Waals surface area contributed by atoms with E-state index in [1.54, 1.807) is 0 Å². The van der Waals surface area contributed by atoms with Crippen molar-refractivity contribution in [3.8, 4) is 5.75 Å². The lowest BCUT2D eigenvalue weighted by atomic mass is 9.99. The van der Waals surface area contributed by atoms with E-state index in [1.807, 2.05) is 19.9 Å². The number of halogens is 1. The van der Waals surface area contributed by atoms with E-state index in [0.717, 1.165) is 12.0 Å². The van der Waals surface area contributed by atoms with Crippen molar-refractivity contribution < 1.29 is 9.13 Å². The second kappa shape index (κ2) is 3.49. The van der Waals surface area contributed by atoms with E-state index in [0.29, 0.717) is 24.3 Å². The molecule has 0 bridgehead atoms. The van der Waals surface area contributed by atoms with Gasteiger partial charge in [-0.3, -0.25) is 0 Å². The summed E-state index contributed by atoms with van der Waals surface area (Å²) in [5.41, 5.74) is 7.00. The monoisotopic (exact) mass is 209 g/mol. The van der Waals surface area contributed by atoms with E-state index in [9.17, 15) is 4.39 Å². The van der Waals surface area contributed by atoms with Crippen LogP contribution in [0.15, 0.2) is 12.1 Å². The predicted octanol–water partition coefficient (Wildman–Crippen LogP) is 2.04. The molecule has 0 unspecified atom stereocenters. The second-order valence-corrected chi connectivity index (χ2v) is 4.63. The Bertz CT molecular complexity index is 387. The molecule has 0 aliphatic carbocycles. The van der Waals surface area contributed by atoms with Crippen LogP contribution in [0.25, 0.3) is 0 Å². The molecule has 0 aromatic heterocycles. The Morgan fingerprint density at radius 3 is 2.87 bits per heavy atom. The van der Waals surface area contributed by atoms with E-state index in [1.165, 1.54) is 6.07 Å². The molecule has 1 aromatic carbocycles. The van der Waals surface area contributed by atoms with Gasteiger partial charge in [0.2, 0.25) is 0 Å². The van der Waals surface area contributed by atoms with Gasteiger partial charge in [0, 0.05) is 12.5 Å². The van der Waals surface area contributed by atoms with E-state index >= 15 is 0 Å². The lowest BCUT2D eigenvalue weighted by Gasteiger charge is -2.16. The Kier molecular flexibility index (Phi) is 2.43. The Morgan fingerprint density at radius 1 is 1.47 bits per heavy atom. The highest BCUT2D eigenvalue weighted by Crippen LogP contribution is 2.36. The first-order chi connectivity index (χ1) is 7.02. The summed E-state index contributed by atoms with van der Waals surface area (Å²) in [5, 5.41) is 0. The molecule has 3 heteroatoms. The minimum Gasteiger partial charge on any atom is -0.487 e. The van der Waals surface area contributed by atoms with Crippen LogP contribution in [-0.2, 0) is 12.8 Å². The second-order valence-electron chi connectivity index (χ2n) is 4.63. The maximum Gasteiger partial charge on any atom is 0.130 e. The fraction of sp³-hybridized carbons (Fsp3) is 0.500. The summed E-state index contributed by atoms with van der Waals surface area (Å²) >= 11 is 0. The highest BCUT2D eigenvalue weighted by atomic mass is 19.1. The predicted molar refractivity (Wildman–Crippen MR) is 57.6 cm³/mol. The minimum absolute atomic E-state index is 0.211. The number of hydrogen-bond acceptors (Lipinski definition) is 2. The molecule has 15 heavy (non-hydrogen) atoms. The van der Waals surface area contributed by atoms with Gasteiger partial charge in [-0.05, 0) is 44.0 Å². The summed E-state index contributed by atoms with van der Waals surface area (Å²) in [7, 11) is 0. The van der Waals surface area contributed by atoms with Crippen LogP contribution in [0.3, 0.4) is 0 Å². The molecule has 1 aliphatic rings. The molecule has 0 saturated carbocycles. The molecule has 0 saturated heterocycles. The van der Waals surface area contributed by atoms with Crippen LogP contribution in [0.4, 0.5) is 4.39 Å². The highest BCUT2D eigenvalue weighted by Gasteiger charge is 2.30. The van der Waals surface area contributed by atoms with Gasteiger partial charge in [-0.1, -0.05) is 0 Å². The number of nitrogens with two attached hydrogens (primary N) is 1. The van der Waals surface area contributed by atoms with Crippen LogP contribution in [0, 0.1) is 5.82 Å². The lowest BCUT2D eigenvalue weighted by Crippen LogP contribution is -2.24. The topological polar surface area (TPSA) is 35.2 Å². The molecule has 0 atom stereocenters. The van der Waals surface area contributed by atoms with Gasteiger partial charge < -0.3 is 10.5 Å². The summed E-state index contributed by atoms with van der Waals surface area (Å²) in [6, 6.07) is 3.36. The Balaban J connectivity index is 2.36. The molecule has 1 aromatic rings. The first-order valence-electron chi connectivity index (χ1n) is 5.22. The standard InChI is InChI=1S/C12H16FNO/c1-12(2)7-9-5-8(3-4-14)10(13)6-11(9)15-12/h5-6H,3-4,7,14H2,1-2H3. The first kappa shape index (κ1) is 10.4. The van der Waals surface area contributed by atoms with Crippen molar-refractivity contribution >= 4 is 0 Å². The summed E-state index contributed by atoms with van der Waals surface area (Å²) in [6.45, 7) is 4.49.